The SMILES string of the molecule is CCCNC(C#N)CCSc1nc2ccc(OC)cc2[nH]1. The molecule has 6 heteroatoms. The number of fused-ring (bicyclic) bond motifs is 1. The number of nitriles is 1. The molecule has 2 rings (SSSR count). The number of hydrogen-bond acceptors (Lipinski definition) is 5. The van der Waals surface area contributed by atoms with E-state index in [9.17, 15) is 0 Å². The van der Waals surface area contributed by atoms with E-state index in [1.807, 2.05) is 18.2 Å². The van der Waals surface area contributed by atoms with Gasteiger partial charge in [0.15, 0.2) is 5.16 Å². The molecular weight excluding hydrogens is 284 g/mol. The highest BCUT2D eigenvalue weighted by atomic mass is 32.2. The molecule has 1 heterocycles. The van der Waals surface area contributed by atoms with E-state index >= 15 is 0 Å². The van der Waals surface area contributed by atoms with Crippen LogP contribution < -0.4 is 10.1 Å². The Balaban J connectivity index is 1.90. The minimum atomic E-state index is -0.0816. The van der Waals surface area contributed by atoms with E-state index in [2.05, 4.69) is 28.3 Å². The van der Waals surface area contributed by atoms with Gasteiger partial charge in [0.2, 0.25) is 0 Å². The van der Waals surface area contributed by atoms with Crippen molar-refractivity contribution in [3.63, 3.8) is 0 Å². The van der Waals surface area contributed by atoms with E-state index < -0.39 is 0 Å². The fraction of sp³-hybridized carbons (Fsp3) is 0.467. The Morgan fingerprint density at radius 2 is 2.38 bits per heavy atom. The average molecular weight is 304 g/mol. The van der Waals surface area contributed by atoms with Gasteiger partial charge in [0.25, 0.3) is 0 Å². The van der Waals surface area contributed by atoms with Gasteiger partial charge in [0.05, 0.1) is 30.3 Å². The van der Waals surface area contributed by atoms with Crippen molar-refractivity contribution in [2.75, 3.05) is 19.4 Å². The molecule has 0 fully saturated rings. The van der Waals surface area contributed by atoms with Crippen LogP contribution in [0.15, 0.2) is 23.4 Å². The number of methoxy groups -OCH3 is 1. The monoisotopic (exact) mass is 304 g/mol. The van der Waals surface area contributed by atoms with Crippen LogP contribution in [0.5, 0.6) is 5.75 Å². The smallest absolute Gasteiger partial charge is 0.166 e. The average Bonchev–Trinajstić information content (AvgIpc) is 2.92. The van der Waals surface area contributed by atoms with Crippen LogP contribution in [0.4, 0.5) is 0 Å². The van der Waals surface area contributed by atoms with Crippen molar-refractivity contribution in [2.45, 2.75) is 31.0 Å². The maximum absolute atomic E-state index is 9.06. The van der Waals surface area contributed by atoms with E-state index in [1.54, 1.807) is 18.9 Å². The Bertz CT molecular complexity index is 620. The molecule has 1 atom stereocenters. The first-order chi connectivity index (χ1) is 10.3. The van der Waals surface area contributed by atoms with Gasteiger partial charge in [-0.2, -0.15) is 5.26 Å². The largest absolute Gasteiger partial charge is 0.497 e. The molecule has 0 amide bonds. The molecule has 1 aromatic carbocycles. The zero-order chi connectivity index (χ0) is 15.1. The molecule has 2 N–H and O–H groups in total. The minimum absolute atomic E-state index is 0.0816. The van der Waals surface area contributed by atoms with Crippen LogP contribution in [-0.2, 0) is 0 Å². The number of nitrogens with one attached hydrogen (secondary N) is 2. The number of thioether (sulfide) groups is 1. The van der Waals surface area contributed by atoms with Crippen molar-refractivity contribution in [1.82, 2.24) is 15.3 Å². The van der Waals surface area contributed by atoms with E-state index in [0.717, 1.165) is 47.1 Å². The third-order valence-electron chi connectivity index (χ3n) is 3.11. The second kappa shape index (κ2) is 7.91. The number of nitrogens with zero attached hydrogens (tertiary/aromatic N) is 2. The molecule has 0 aliphatic heterocycles. The maximum Gasteiger partial charge on any atom is 0.166 e. The number of ether oxygens (including phenoxy) is 1. The molecule has 0 bridgehead atoms. The van der Waals surface area contributed by atoms with Crippen molar-refractivity contribution < 1.29 is 4.74 Å². The molecule has 112 valence electrons. The summed E-state index contributed by atoms with van der Waals surface area (Å²) in [6, 6.07) is 7.99. The van der Waals surface area contributed by atoms with Crippen LogP contribution in [0.25, 0.3) is 11.0 Å². The lowest BCUT2D eigenvalue weighted by Gasteiger charge is -2.09. The number of hydrogen-bond donors (Lipinski definition) is 2. The van der Waals surface area contributed by atoms with Crippen LogP contribution in [0.1, 0.15) is 19.8 Å². The van der Waals surface area contributed by atoms with Gasteiger partial charge in [-0.05, 0) is 31.5 Å². The standard InChI is InChI=1S/C15H20N4OS/c1-3-7-17-11(10-16)6-8-21-15-18-13-5-4-12(20-2)9-14(13)19-15/h4-5,9,11,17H,3,6-8H2,1-2H3,(H,18,19). The highest BCUT2D eigenvalue weighted by molar-refractivity contribution is 7.99. The third-order valence-corrected chi connectivity index (χ3v) is 4.02. The molecule has 1 unspecified atom stereocenters. The van der Waals surface area contributed by atoms with E-state index in [-0.39, 0.29) is 6.04 Å². The molecule has 0 saturated carbocycles. The third kappa shape index (κ3) is 4.38. The first kappa shape index (κ1) is 15.7. The first-order valence-corrected chi connectivity index (χ1v) is 8.05. The lowest BCUT2D eigenvalue weighted by atomic mass is 10.2. The predicted molar refractivity (Wildman–Crippen MR) is 85.7 cm³/mol. The summed E-state index contributed by atoms with van der Waals surface area (Å²) in [6.07, 6.45) is 1.85. The second-order valence-corrected chi connectivity index (χ2v) is 5.78. The van der Waals surface area contributed by atoms with E-state index in [0.29, 0.717) is 0 Å². The van der Waals surface area contributed by atoms with E-state index in [4.69, 9.17) is 10.00 Å². The summed E-state index contributed by atoms with van der Waals surface area (Å²) in [4.78, 5) is 7.80. The molecule has 1 aromatic heterocycles. The number of H-pyrrole nitrogens is 1. The number of benzene rings is 1. The summed E-state index contributed by atoms with van der Waals surface area (Å²) < 4.78 is 5.20. The summed E-state index contributed by atoms with van der Waals surface area (Å²) in [7, 11) is 1.65. The summed E-state index contributed by atoms with van der Waals surface area (Å²) in [5, 5.41) is 13.2. The van der Waals surface area contributed by atoms with Crippen molar-refractivity contribution in [3.8, 4) is 11.8 Å². The van der Waals surface area contributed by atoms with Crippen LogP contribution in [-0.4, -0.2) is 35.4 Å². The Labute approximate surface area is 129 Å². The fourth-order valence-electron chi connectivity index (χ4n) is 1.96. The van der Waals surface area contributed by atoms with Crippen LogP contribution in [0.3, 0.4) is 0 Å². The summed E-state index contributed by atoms with van der Waals surface area (Å²) in [5.74, 6) is 1.67. The van der Waals surface area contributed by atoms with Gasteiger partial charge in [0, 0.05) is 11.8 Å². The molecular formula is C15H20N4OS. The summed E-state index contributed by atoms with van der Waals surface area (Å²) in [6.45, 7) is 2.98. The van der Waals surface area contributed by atoms with Crippen molar-refractivity contribution in [2.24, 2.45) is 0 Å². The lowest BCUT2D eigenvalue weighted by Crippen LogP contribution is -2.28. The van der Waals surface area contributed by atoms with Gasteiger partial charge < -0.3 is 15.0 Å². The number of rotatable bonds is 8. The first-order valence-electron chi connectivity index (χ1n) is 7.06. The quantitative estimate of drug-likeness (QED) is 0.734. The Kier molecular flexibility index (Phi) is 5.90. The Morgan fingerprint density at radius 3 is 3.10 bits per heavy atom. The fourth-order valence-corrected chi connectivity index (χ4v) is 2.86. The minimum Gasteiger partial charge on any atom is -0.497 e. The van der Waals surface area contributed by atoms with Crippen molar-refractivity contribution >= 4 is 22.8 Å². The topological polar surface area (TPSA) is 73.7 Å². The van der Waals surface area contributed by atoms with Gasteiger partial charge in [-0.25, -0.2) is 4.98 Å². The van der Waals surface area contributed by atoms with Gasteiger partial charge >= 0.3 is 0 Å². The second-order valence-electron chi connectivity index (χ2n) is 4.70. The Morgan fingerprint density at radius 1 is 1.52 bits per heavy atom. The molecule has 5 nitrogen and oxygen atoms in total. The Hall–Kier alpha value is -1.71. The summed E-state index contributed by atoms with van der Waals surface area (Å²) >= 11 is 1.64. The van der Waals surface area contributed by atoms with Crippen LogP contribution >= 0.6 is 11.8 Å². The number of aromatic nitrogens is 2. The summed E-state index contributed by atoms with van der Waals surface area (Å²) in [5.41, 5.74) is 1.90. The van der Waals surface area contributed by atoms with Crippen LogP contribution in [0.2, 0.25) is 0 Å². The zero-order valence-corrected chi connectivity index (χ0v) is 13.2. The molecule has 0 saturated heterocycles. The molecule has 0 radical (unpaired) electrons. The molecule has 0 spiro atoms. The van der Waals surface area contributed by atoms with Gasteiger partial charge in [-0.15, -0.1) is 0 Å². The molecule has 0 aliphatic carbocycles. The van der Waals surface area contributed by atoms with Gasteiger partial charge in [-0.3, -0.25) is 0 Å². The molecule has 2 aromatic rings. The van der Waals surface area contributed by atoms with Crippen molar-refractivity contribution in [3.05, 3.63) is 18.2 Å². The van der Waals surface area contributed by atoms with Gasteiger partial charge in [0.1, 0.15) is 5.75 Å². The highest BCUT2D eigenvalue weighted by Crippen LogP contribution is 2.23. The van der Waals surface area contributed by atoms with Crippen molar-refractivity contribution in [1.29, 1.82) is 5.26 Å². The van der Waals surface area contributed by atoms with Crippen LogP contribution in [0, 0.1) is 11.3 Å². The predicted octanol–water partition coefficient (Wildman–Crippen LogP) is 2.95. The number of imidazole rings is 1. The molecule has 0 aliphatic rings. The number of aromatic amines is 1. The maximum atomic E-state index is 9.06. The normalized spacial score (nSPS) is 12.2. The lowest BCUT2D eigenvalue weighted by molar-refractivity contribution is 0.415. The van der Waals surface area contributed by atoms with E-state index in [1.165, 1.54) is 0 Å². The van der Waals surface area contributed by atoms with Gasteiger partial charge in [-0.1, -0.05) is 18.7 Å². The zero-order valence-electron chi connectivity index (χ0n) is 12.3. The molecule has 21 heavy (non-hydrogen) atoms. The highest BCUT2D eigenvalue weighted by Gasteiger charge is 2.08.